The number of aliphatic hydroxyl groups is 1. The van der Waals surface area contributed by atoms with Gasteiger partial charge in [0.1, 0.15) is 5.69 Å². The number of anilines is 1. The second-order valence-corrected chi connectivity index (χ2v) is 5.78. The van der Waals surface area contributed by atoms with E-state index in [-0.39, 0.29) is 30.3 Å². The molecule has 1 aromatic rings. The number of aliphatic hydroxyl groups excluding tert-OH is 1. The summed E-state index contributed by atoms with van der Waals surface area (Å²) in [4.78, 5) is 24.9. The van der Waals surface area contributed by atoms with Crippen LogP contribution in [0.3, 0.4) is 0 Å². The number of carbonyl (C=O) groups is 1. The minimum Gasteiger partial charge on any atom is -0.395 e. The molecule has 1 saturated carbocycles. The zero-order valence-corrected chi connectivity index (χ0v) is 13.3. The molecule has 0 bridgehead atoms. The van der Waals surface area contributed by atoms with Gasteiger partial charge in [-0.15, -0.1) is 0 Å². The summed E-state index contributed by atoms with van der Waals surface area (Å²) < 4.78 is 0. The summed E-state index contributed by atoms with van der Waals surface area (Å²) in [7, 11) is 0. The third-order valence-electron chi connectivity index (χ3n) is 3.82. The van der Waals surface area contributed by atoms with Crippen molar-refractivity contribution in [2.75, 3.05) is 25.0 Å². The van der Waals surface area contributed by atoms with Crippen molar-refractivity contribution < 1.29 is 14.8 Å². The zero-order chi connectivity index (χ0) is 16.8. The molecule has 2 rings (SSSR count). The molecule has 2 N–H and O–H groups in total. The summed E-state index contributed by atoms with van der Waals surface area (Å²) >= 11 is 0. The number of hydrogen-bond acceptors (Lipinski definition) is 5. The Labute approximate surface area is 135 Å². The Morgan fingerprint density at radius 2 is 2.17 bits per heavy atom. The van der Waals surface area contributed by atoms with Gasteiger partial charge < -0.3 is 15.3 Å². The average molecular weight is 321 g/mol. The minimum absolute atomic E-state index is 0.0813. The van der Waals surface area contributed by atoms with E-state index >= 15 is 0 Å². The van der Waals surface area contributed by atoms with Crippen LogP contribution in [0.1, 0.15) is 43.0 Å². The Morgan fingerprint density at radius 1 is 1.43 bits per heavy atom. The van der Waals surface area contributed by atoms with Gasteiger partial charge in [-0.3, -0.25) is 14.9 Å². The molecule has 0 saturated heterocycles. The fourth-order valence-corrected chi connectivity index (χ4v) is 2.35. The molecule has 1 aliphatic rings. The summed E-state index contributed by atoms with van der Waals surface area (Å²) in [5, 5.41) is 23.5. The normalized spacial score (nSPS) is 13.7. The molecule has 1 amide bonds. The van der Waals surface area contributed by atoms with Crippen LogP contribution < -0.4 is 5.32 Å². The molecule has 1 fully saturated rings. The molecule has 1 aromatic carbocycles. The van der Waals surface area contributed by atoms with Crippen LogP contribution in [0.5, 0.6) is 0 Å². The van der Waals surface area contributed by atoms with Crippen molar-refractivity contribution in [1.82, 2.24) is 4.90 Å². The Bertz CT molecular complexity index is 572. The number of carbonyl (C=O) groups excluding carboxylic acids is 1. The lowest BCUT2D eigenvalue weighted by Gasteiger charge is -2.21. The third-order valence-corrected chi connectivity index (χ3v) is 3.82. The molecule has 0 aliphatic heterocycles. The lowest BCUT2D eigenvalue weighted by Crippen LogP contribution is -2.34. The second-order valence-electron chi connectivity index (χ2n) is 5.78. The number of nitrogens with zero attached hydrogens (tertiary/aromatic N) is 2. The SMILES string of the molecule is CCCCN(CCO)C(=O)c1ccc(NC2CC2)c([N+](=O)[O-])c1. The number of nitrogens with one attached hydrogen (secondary N) is 1. The molecule has 126 valence electrons. The molecule has 0 heterocycles. The summed E-state index contributed by atoms with van der Waals surface area (Å²) in [6.07, 6.45) is 3.78. The second kappa shape index (κ2) is 7.92. The maximum atomic E-state index is 12.5. The molecular weight excluding hydrogens is 298 g/mol. The number of amides is 1. The smallest absolute Gasteiger partial charge is 0.293 e. The van der Waals surface area contributed by atoms with Crippen LogP contribution in [0.2, 0.25) is 0 Å². The quantitative estimate of drug-likeness (QED) is 0.538. The van der Waals surface area contributed by atoms with Gasteiger partial charge >= 0.3 is 0 Å². The highest BCUT2D eigenvalue weighted by molar-refractivity contribution is 5.95. The zero-order valence-electron chi connectivity index (χ0n) is 13.3. The van der Waals surface area contributed by atoms with Crippen molar-refractivity contribution in [3.8, 4) is 0 Å². The van der Waals surface area contributed by atoms with Gasteiger partial charge in [0.05, 0.1) is 11.5 Å². The van der Waals surface area contributed by atoms with E-state index in [4.69, 9.17) is 5.11 Å². The van der Waals surface area contributed by atoms with Crippen molar-refractivity contribution in [3.05, 3.63) is 33.9 Å². The van der Waals surface area contributed by atoms with Crippen LogP contribution in [0.15, 0.2) is 18.2 Å². The van der Waals surface area contributed by atoms with Gasteiger partial charge in [-0.05, 0) is 31.4 Å². The molecule has 0 aromatic heterocycles. The van der Waals surface area contributed by atoms with Gasteiger partial charge in [-0.25, -0.2) is 0 Å². The average Bonchev–Trinajstić information content (AvgIpc) is 3.35. The third kappa shape index (κ3) is 4.66. The van der Waals surface area contributed by atoms with E-state index < -0.39 is 4.92 Å². The predicted molar refractivity (Wildman–Crippen MR) is 87.6 cm³/mol. The van der Waals surface area contributed by atoms with Gasteiger partial charge in [-0.2, -0.15) is 0 Å². The maximum Gasteiger partial charge on any atom is 0.293 e. The van der Waals surface area contributed by atoms with Gasteiger partial charge in [0, 0.05) is 30.8 Å². The van der Waals surface area contributed by atoms with Crippen molar-refractivity contribution >= 4 is 17.3 Å². The number of rotatable bonds is 9. The van der Waals surface area contributed by atoms with E-state index in [1.807, 2.05) is 6.92 Å². The Kier molecular flexibility index (Phi) is 5.92. The topological polar surface area (TPSA) is 95.7 Å². The summed E-state index contributed by atoms with van der Waals surface area (Å²) in [6, 6.07) is 4.83. The molecule has 7 nitrogen and oxygen atoms in total. The molecule has 0 unspecified atom stereocenters. The minimum atomic E-state index is -0.468. The maximum absolute atomic E-state index is 12.5. The van der Waals surface area contributed by atoms with Crippen LogP contribution in [0.25, 0.3) is 0 Å². The van der Waals surface area contributed by atoms with Crippen LogP contribution in [-0.2, 0) is 0 Å². The van der Waals surface area contributed by atoms with Crippen LogP contribution in [-0.4, -0.2) is 46.6 Å². The van der Waals surface area contributed by atoms with Gasteiger partial charge in [0.2, 0.25) is 0 Å². The van der Waals surface area contributed by atoms with Crippen molar-refractivity contribution in [2.24, 2.45) is 0 Å². The van der Waals surface area contributed by atoms with Crippen LogP contribution in [0.4, 0.5) is 11.4 Å². The molecule has 0 atom stereocenters. The Balaban J connectivity index is 2.20. The fourth-order valence-electron chi connectivity index (χ4n) is 2.35. The highest BCUT2D eigenvalue weighted by atomic mass is 16.6. The first-order chi connectivity index (χ1) is 11.1. The first-order valence-electron chi connectivity index (χ1n) is 8.02. The van der Waals surface area contributed by atoms with E-state index in [0.29, 0.717) is 18.3 Å². The van der Waals surface area contributed by atoms with E-state index in [1.165, 1.54) is 11.0 Å². The monoisotopic (exact) mass is 321 g/mol. The predicted octanol–water partition coefficient (Wildman–Crippen LogP) is 2.40. The fraction of sp³-hybridized carbons (Fsp3) is 0.562. The van der Waals surface area contributed by atoms with Gasteiger partial charge in [0.25, 0.3) is 11.6 Å². The lowest BCUT2D eigenvalue weighted by molar-refractivity contribution is -0.384. The van der Waals surface area contributed by atoms with E-state index in [9.17, 15) is 14.9 Å². The van der Waals surface area contributed by atoms with Gasteiger partial charge in [-0.1, -0.05) is 13.3 Å². The highest BCUT2D eigenvalue weighted by Crippen LogP contribution is 2.31. The van der Waals surface area contributed by atoms with Crippen LogP contribution >= 0.6 is 0 Å². The van der Waals surface area contributed by atoms with E-state index in [2.05, 4.69) is 5.32 Å². The molecule has 0 radical (unpaired) electrons. The van der Waals surface area contributed by atoms with Crippen LogP contribution in [0, 0.1) is 10.1 Å². The summed E-state index contributed by atoms with van der Waals surface area (Å²) in [6.45, 7) is 2.66. The number of unbranched alkanes of at least 4 members (excludes halogenated alkanes) is 1. The summed E-state index contributed by atoms with van der Waals surface area (Å²) in [5.41, 5.74) is 0.654. The number of nitro groups is 1. The van der Waals surface area contributed by atoms with E-state index in [0.717, 1.165) is 25.7 Å². The number of benzene rings is 1. The number of hydrogen-bond donors (Lipinski definition) is 2. The molecule has 23 heavy (non-hydrogen) atoms. The molecule has 7 heteroatoms. The first kappa shape index (κ1) is 17.2. The van der Waals surface area contributed by atoms with E-state index in [1.54, 1.807) is 12.1 Å². The van der Waals surface area contributed by atoms with Crippen molar-refractivity contribution in [1.29, 1.82) is 0 Å². The Morgan fingerprint density at radius 3 is 2.74 bits per heavy atom. The standard InChI is InChI=1S/C16H23N3O4/c1-2-3-8-18(9-10-20)16(21)12-4-7-14(17-13-5-6-13)15(11-12)19(22)23/h4,7,11,13,17,20H,2-3,5-6,8-10H2,1H3. The molecule has 1 aliphatic carbocycles. The Hall–Kier alpha value is -2.15. The first-order valence-corrected chi connectivity index (χ1v) is 8.02. The largest absolute Gasteiger partial charge is 0.395 e. The summed E-state index contributed by atoms with van der Waals surface area (Å²) in [5.74, 6) is -0.284. The molecular formula is C16H23N3O4. The van der Waals surface area contributed by atoms with Crippen molar-refractivity contribution in [3.63, 3.8) is 0 Å². The lowest BCUT2D eigenvalue weighted by atomic mass is 10.1. The highest BCUT2D eigenvalue weighted by Gasteiger charge is 2.26. The van der Waals surface area contributed by atoms with Crippen molar-refractivity contribution in [2.45, 2.75) is 38.6 Å². The number of nitro benzene ring substituents is 1. The molecule has 0 spiro atoms. The van der Waals surface area contributed by atoms with Gasteiger partial charge in [0.15, 0.2) is 0 Å².